The zero-order valence-electron chi connectivity index (χ0n) is 12.5. The smallest absolute Gasteiger partial charge is 0.216 e. The molecule has 0 spiro atoms. The van der Waals surface area contributed by atoms with E-state index in [9.17, 15) is 8.42 Å². The van der Waals surface area contributed by atoms with Crippen LogP contribution in [0.5, 0.6) is 0 Å². The number of rotatable bonds is 7. The highest BCUT2D eigenvalue weighted by Gasteiger charge is 2.20. The molecule has 0 saturated carbocycles. The molecule has 0 aromatic heterocycles. The van der Waals surface area contributed by atoms with E-state index in [-0.39, 0.29) is 11.8 Å². The summed E-state index contributed by atoms with van der Waals surface area (Å²) in [5, 5.41) is 3.24. The summed E-state index contributed by atoms with van der Waals surface area (Å²) in [7, 11) is -3.31. The van der Waals surface area contributed by atoms with Crippen molar-refractivity contribution in [1.29, 1.82) is 0 Å². The average molecular weight is 312 g/mol. The minimum atomic E-state index is -3.31. The van der Waals surface area contributed by atoms with Crippen molar-refractivity contribution in [3.05, 3.63) is 35.4 Å². The van der Waals surface area contributed by atoms with Crippen LogP contribution < -0.4 is 10.0 Å². The Morgan fingerprint density at radius 2 is 1.95 bits per heavy atom. The van der Waals surface area contributed by atoms with Crippen molar-refractivity contribution in [2.45, 2.75) is 38.1 Å². The molecule has 2 N–H and O–H groups in total. The highest BCUT2D eigenvalue weighted by atomic mass is 32.2. The molecule has 21 heavy (non-hydrogen) atoms. The Kier molecular flexibility index (Phi) is 6.17. The maximum Gasteiger partial charge on any atom is 0.216 e. The van der Waals surface area contributed by atoms with E-state index in [4.69, 9.17) is 4.74 Å². The topological polar surface area (TPSA) is 67.4 Å². The summed E-state index contributed by atoms with van der Waals surface area (Å²) >= 11 is 0. The predicted molar refractivity (Wildman–Crippen MR) is 83.4 cm³/mol. The van der Waals surface area contributed by atoms with E-state index >= 15 is 0 Å². The first-order chi connectivity index (χ1) is 10.1. The third kappa shape index (κ3) is 5.74. The molecular weight excluding hydrogens is 288 g/mol. The van der Waals surface area contributed by atoms with Crippen LogP contribution in [0.25, 0.3) is 0 Å². The second-order valence-electron chi connectivity index (χ2n) is 5.39. The van der Waals surface area contributed by atoms with Crippen molar-refractivity contribution in [3.8, 4) is 0 Å². The molecule has 1 atom stereocenters. The standard InChI is InChI=1S/C15H24N2O3S/c1-2-16-10-13-5-7-14(8-6-13)12-21(18,19)17-15-4-3-9-20-11-15/h5-8,15-17H,2-4,9-12H2,1H3. The normalized spacial score (nSPS) is 19.6. The number of benzene rings is 1. The Morgan fingerprint density at radius 1 is 1.24 bits per heavy atom. The molecule has 0 aliphatic carbocycles. The molecule has 1 fully saturated rings. The second kappa shape index (κ2) is 7.89. The van der Waals surface area contributed by atoms with E-state index in [0.717, 1.165) is 43.7 Å². The second-order valence-corrected chi connectivity index (χ2v) is 7.14. The van der Waals surface area contributed by atoms with Crippen LogP contribution in [0.4, 0.5) is 0 Å². The van der Waals surface area contributed by atoms with Crippen LogP contribution in [0.15, 0.2) is 24.3 Å². The summed E-state index contributed by atoms with van der Waals surface area (Å²) in [6, 6.07) is 7.61. The molecule has 1 unspecified atom stereocenters. The Balaban J connectivity index is 1.89. The van der Waals surface area contributed by atoms with Crippen LogP contribution in [0, 0.1) is 0 Å². The van der Waals surface area contributed by atoms with Gasteiger partial charge in [-0.2, -0.15) is 0 Å². The van der Waals surface area contributed by atoms with Gasteiger partial charge in [-0.25, -0.2) is 13.1 Å². The highest BCUT2D eigenvalue weighted by molar-refractivity contribution is 7.88. The van der Waals surface area contributed by atoms with Crippen molar-refractivity contribution >= 4 is 10.0 Å². The Bertz CT molecular complexity index is 522. The van der Waals surface area contributed by atoms with Gasteiger partial charge < -0.3 is 10.1 Å². The number of ether oxygens (including phenoxy) is 1. The van der Waals surface area contributed by atoms with Crippen LogP contribution in [0.3, 0.4) is 0 Å². The van der Waals surface area contributed by atoms with Crippen LogP contribution in [0.1, 0.15) is 30.9 Å². The largest absolute Gasteiger partial charge is 0.380 e. The van der Waals surface area contributed by atoms with Gasteiger partial charge in [0.15, 0.2) is 0 Å². The lowest BCUT2D eigenvalue weighted by Gasteiger charge is -2.23. The molecule has 1 saturated heterocycles. The number of nitrogens with one attached hydrogen (secondary N) is 2. The van der Waals surface area contributed by atoms with Crippen molar-refractivity contribution in [2.75, 3.05) is 19.8 Å². The van der Waals surface area contributed by atoms with Crippen molar-refractivity contribution in [2.24, 2.45) is 0 Å². The summed E-state index contributed by atoms with van der Waals surface area (Å²) in [4.78, 5) is 0. The Labute approximate surface area is 127 Å². The number of sulfonamides is 1. The van der Waals surface area contributed by atoms with Gasteiger partial charge in [-0.3, -0.25) is 0 Å². The zero-order chi connectivity index (χ0) is 15.1. The summed E-state index contributed by atoms with van der Waals surface area (Å²) in [6.45, 7) is 4.98. The van der Waals surface area contributed by atoms with Crippen LogP contribution in [-0.2, 0) is 27.1 Å². The first-order valence-corrected chi connectivity index (χ1v) is 9.10. The highest BCUT2D eigenvalue weighted by Crippen LogP contribution is 2.11. The molecule has 0 bridgehead atoms. The van der Waals surface area contributed by atoms with E-state index in [1.165, 1.54) is 0 Å². The van der Waals surface area contributed by atoms with Gasteiger partial charge >= 0.3 is 0 Å². The summed E-state index contributed by atoms with van der Waals surface area (Å²) in [5.74, 6) is 0.0188. The van der Waals surface area contributed by atoms with E-state index in [0.29, 0.717) is 6.61 Å². The first-order valence-electron chi connectivity index (χ1n) is 7.45. The maximum absolute atomic E-state index is 12.1. The van der Waals surface area contributed by atoms with Gasteiger partial charge in [-0.1, -0.05) is 31.2 Å². The third-order valence-corrected chi connectivity index (χ3v) is 4.87. The lowest BCUT2D eigenvalue weighted by molar-refractivity contribution is 0.0774. The molecule has 1 aliphatic rings. The summed E-state index contributed by atoms with van der Waals surface area (Å²) in [6.07, 6.45) is 1.76. The number of hydrogen-bond acceptors (Lipinski definition) is 4. The van der Waals surface area contributed by atoms with E-state index in [2.05, 4.69) is 17.0 Å². The van der Waals surface area contributed by atoms with Crippen LogP contribution in [-0.4, -0.2) is 34.2 Å². The van der Waals surface area contributed by atoms with Gasteiger partial charge in [0.1, 0.15) is 0 Å². The van der Waals surface area contributed by atoms with Crippen LogP contribution >= 0.6 is 0 Å². The minimum Gasteiger partial charge on any atom is -0.380 e. The quantitative estimate of drug-likeness (QED) is 0.798. The van der Waals surface area contributed by atoms with Gasteiger partial charge in [0.05, 0.1) is 12.4 Å². The molecule has 0 radical (unpaired) electrons. The fourth-order valence-electron chi connectivity index (χ4n) is 2.37. The van der Waals surface area contributed by atoms with Crippen LogP contribution in [0.2, 0.25) is 0 Å². The van der Waals surface area contributed by atoms with E-state index in [1.807, 2.05) is 24.3 Å². The monoisotopic (exact) mass is 312 g/mol. The summed E-state index contributed by atoms with van der Waals surface area (Å²) in [5.41, 5.74) is 1.96. The molecular formula is C15H24N2O3S. The zero-order valence-corrected chi connectivity index (χ0v) is 13.3. The first kappa shape index (κ1) is 16.4. The SMILES string of the molecule is CCNCc1ccc(CS(=O)(=O)NC2CCCOC2)cc1. The van der Waals surface area contributed by atoms with Gasteiger partial charge in [-0.15, -0.1) is 0 Å². The molecule has 1 aliphatic heterocycles. The molecule has 2 rings (SSSR count). The van der Waals surface area contributed by atoms with Crippen molar-refractivity contribution in [1.82, 2.24) is 10.0 Å². The minimum absolute atomic E-state index is 0.0188. The molecule has 1 aromatic carbocycles. The lowest BCUT2D eigenvalue weighted by Crippen LogP contribution is -2.41. The molecule has 1 aromatic rings. The molecule has 6 heteroatoms. The van der Waals surface area contributed by atoms with Crippen molar-refractivity contribution in [3.63, 3.8) is 0 Å². The third-order valence-electron chi connectivity index (χ3n) is 3.47. The lowest BCUT2D eigenvalue weighted by atomic mass is 10.1. The van der Waals surface area contributed by atoms with Gasteiger partial charge in [0.2, 0.25) is 10.0 Å². The summed E-state index contributed by atoms with van der Waals surface area (Å²) < 4.78 is 32.3. The predicted octanol–water partition coefficient (Wildman–Crippen LogP) is 1.39. The van der Waals surface area contributed by atoms with Gasteiger partial charge in [-0.05, 0) is 30.5 Å². The van der Waals surface area contributed by atoms with Crippen molar-refractivity contribution < 1.29 is 13.2 Å². The molecule has 1 heterocycles. The average Bonchev–Trinajstić information content (AvgIpc) is 2.47. The fourth-order valence-corrected chi connectivity index (χ4v) is 3.78. The Hall–Kier alpha value is -0.950. The van der Waals surface area contributed by atoms with E-state index in [1.54, 1.807) is 0 Å². The number of hydrogen-bond donors (Lipinski definition) is 2. The van der Waals surface area contributed by atoms with E-state index < -0.39 is 10.0 Å². The Morgan fingerprint density at radius 3 is 2.57 bits per heavy atom. The van der Waals surface area contributed by atoms with Gasteiger partial charge in [0, 0.05) is 19.2 Å². The van der Waals surface area contributed by atoms with Gasteiger partial charge in [0.25, 0.3) is 0 Å². The maximum atomic E-state index is 12.1. The fraction of sp³-hybridized carbons (Fsp3) is 0.600. The molecule has 118 valence electrons. The molecule has 0 amide bonds. The molecule has 5 nitrogen and oxygen atoms in total.